The van der Waals surface area contributed by atoms with Crippen molar-refractivity contribution in [1.82, 2.24) is 9.55 Å². The summed E-state index contributed by atoms with van der Waals surface area (Å²) >= 11 is 0. The van der Waals surface area contributed by atoms with E-state index < -0.39 is 6.10 Å². The SMILES string of the molecule is CCOC(C)c1nccn1CC(O)c1cc(C)cc(C)c1. The van der Waals surface area contributed by atoms with Crippen molar-refractivity contribution in [1.29, 1.82) is 0 Å². The van der Waals surface area contributed by atoms with E-state index in [9.17, 15) is 5.11 Å². The molecule has 4 heteroatoms. The van der Waals surface area contributed by atoms with Crippen molar-refractivity contribution in [2.75, 3.05) is 6.61 Å². The van der Waals surface area contributed by atoms with Crippen LogP contribution in [0.3, 0.4) is 0 Å². The topological polar surface area (TPSA) is 47.3 Å². The van der Waals surface area contributed by atoms with Crippen LogP contribution in [-0.4, -0.2) is 21.3 Å². The highest BCUT2D eigenvalue weighted by Gasteiger charge is 2.16. The van der Waals surface area contributed by atoms with Crippen molar-refractivity contribution in [3.05, 3.63) is 53.1 Å². The number of rotatable bonds is 6. The second-order valence-electron chi connectivity index (χ2n) is 5.47. The number of aromatic nitrogens is 2. The van der Waals surface area contributed by atoms with Crippen LogP contribution < -0.4 is 0 Å². The molecule has 2 atom stereocenters. The number of nitrogens with zero attached hydrogens (tertiary/aromatic N) is 2. The van der Waals surface area contributed by atoms with Crippen LogP contribution in [0.2, 0.25) is 0 Å². The van der Waals surface area contributed by atoms with Crippen LogP contribution in [0, 0.1) is 13.8 Å². The molecule has 0 radical (unpaired) electrons. The zero-order chi connectivity index (χ0) is 15.4. The summed E-state index contributed by atoms with van der Waals surface area (Å²) in [5.41, 5.74) is 3.27. The molecule has 0 aliphatic rings. The van der Waals surface area contributed by atoms with Gasteiger partial charge in [-0.2, -0.15) is 0 Å². The number of ether oxygens (including phenoxy) is 1. The molecule has 1 N–H and O–H groups in total. The molecule has 0 spiro atoms. The highest BCUT2D eigenvalue weighted by molar-refractivity contribution is 5.29. The Balaban J connectivity index is 2.16. The zero-order valence-electron chi connectivity index (χ0n) is 13.2. The Hall–Kier alpha value is -1.65. The van der Waals surface area contributed by atoms with Crippen LogP contribution in [0.4, 0.5) is 0 Å². The van der Waals surface area contributed by atoms with Crippen LogP contribution in [0.1, 0.15) is 48.6 Å². The minimum Gasteiger partial charge on any atom is -0.387 e. The summed E-state index contributed by atoms with van der Waals surface area (Å²) in [6.07, 6.45) is 3.01. The van der Waals surface area contributed by atoms with Crippen molar-refractivity contribution in [2.45, 2.75) is 46.4 Å². The fourth-order valence-corrected chi connectivity index (χ4v) is 2.65. The van der Waals surface area contributed by atoms with Gasteiger partial charge in [0.1, 0.15) is 11.9 Å². The lowest BCUT2D eigenvalue weighted by Crippen LogP contribution is -2.14. The van der Waals surface area contributed by atoms with Gasteiger partial charge in [-0.15, -0.1) is 0 Å². The van der Waals surface area contributed by atoms with Crippen molar-refractivity contribution < 1.29 is 9.84 Å². The number of hydrogen-bond acceptors (Lipinski definition) is 3. The van der Waals surface area contributed by atoms with Crippen molar-refractivity contribution in [3.63, 3.8) is 0 Å². The summed E-state index contributed by atoms with van der Waals surface area (Å²) in [5.74, 6) is 0.847. The molecule has 0 aliphatic heterocycles. The average Bonchev–Trinajstić information content (AvgIpc) is 2.86. The Kier molecular flexibility index (Phi) is 5.15. The molecule has 2 rings (SSSR count). The molecule has 1 aromatic carbocycles. The molecule has 4 nitrogen and oxygen atoms in total. The third-order valence-corrected chi connectivity index (χ3v) is 3.53. The highest BCUT2D eigenvalue weighted by atomic mass is 16.5. The number of hydrogen-bond donors (Lipinski definition) is 1. The Bertz CT molecular complexity index is 572. The van der Waals surface area contributed by atoms with Crippen LogP contribution in [0.15, 0.2) is 30.6 Å². The molecular formula is C17H24N2O2. The third-order valence-electron chi connectivity index (χ3n) is 3.53. The van der Waals surface area contributed by atoms with Gasteiger partial charge in [0.2, 0.25) is 0 Å². The third kappa shape index (κ3) is 3.93. The molecule has 0 fully saturated rings. The minimum atomic E-state index is -0.551. The number of aliphatic hydroxyl groups excluding tert-OH is 1. The average molecular weight is 288 g/mol. The molecule has 0 amide bonds. The molecule has 21 heavy (non-hydrogen) atoms. The van der Waals surface area contributed by atoms with E-state index in [1.807, 2.05) is 50.6 Å². The summed E-state index contributed by atoms with van der Waals surface area (Å²) in [5, 5.41) is 10.5. The summed E-state index contributed by atoms with van der Waals surface area (Å²) in [6, 6.07) is 6.16. The van der Waals surface area contributed by atoms with Gasteiger partial charge in [0, 0.05) is 19.0 Å². The first-order valence-corrected chi connectivity index (χ1v) is 7.40. The lowest BCUT2D eigenvalue weighted by molar-refractivity contribution is 0.0644. The smallest absolute Gasteiger partial charge is 0.137 e. The van der Waals surface area contributed by atoms with Gasteiger partial charge in [0.15, 0.2) is 0 Å². The maximum atomic E-state index is 10.5. The molecule has 0 bridgehead atoms. The van der Waals surface area contributed by atoms with E-state index in [0.29, 0.717) is 13.2 Å². The van der Waals surface area contributed by atoms with Crippen molar-refractivity contribution in [2.24, 2.45) is 0 Å². The van der Waals surface area contributed by atoms with Gasteiger partial charge in [0.25, 0.3) is 0 Å². The Morgan fingerprint density at radius 1 is 1.24 bits per heavy atom. The second kappa shape index (κ2) is 6.87. The van der Waals surface area contributed by atoms with Crippen molar-refractivity contribution in [3.8, 4) is 0 Å². The van der Waals surface area contributed by atoms with E-state index in [4.69, 9.17) is 4.74 Å². The number of aliphatic hydroxyl groups is 1. The lowest BCUT2D eigenvalue weighted by atomic mass is 10.0. The molecule has 0 saturated heterocycles. The predicted molar refractivity (Wildman–Crippen MR) is 83.1 cm³/mol. The second-order valence-corrected chi connectivity index (χ2v) is 5.47. The zero-order valence-corrected chi connectivity index (χ0v) is 13.2. The van der Waals surface area contributed by atoms with Gasteiger partial charge in [-0.3, -0.25) is 0 Å². The first-order valence-electron chi connectivity index (χ1n) is 7.40. The fraction of sp³-hybridized carbons (Fsp3) is 0.471. The van der Waals surface area contributed by atoms with E-state index in [1.165, 1.54) is 0 Å². The first-order chi connectivity index (χ1) is 10.0. The minimum absolute atomic E-state index is 0.0727. The van der Waals surface area contributed by atoms with Crippen LogP contribution in [0.25, 0.3) is 0 Å². The van der Waals surface area contributed by atoms with E-state index in [1.54, 1.807) is 6.20 Å². The summed E-state index contributed by atoms with van der Waals surface area (Å²) in [6.45, 7) is 9.16. The monoisotopic (exact) mass is 288 g/mol. The molecule has 2 unspecified atom stereocenters. The molecule has 0 saturated carbocycles. The van der Waals surface area contributed by atoms with Crippen LogP contribution >= 0.6 is 0 Å². The van der Waals surface area contributed by atoms with Gasteiger partial charge >= 0.3 is 0 Å². The molecule has 1 heterocycles. The number of aryl methyl sites for hydroxylation is 2. The largest absolute Gasteiger partial charge is 0.387 e. The van der Waals surface area contributed by atoms with Crippen LogP contribution in [-0.2, 0) is 11.3 Å². The maximum Gasteiger partial charge on any atom is 0.137 e. The lowest BCUT2D eigenvalue weighted by Gasteiger charge is -2.18. The number of benzene rings is 1. The maximum absolute atomic E-state index is 10.5. The first kappa shape index (κ1) is 15.7. The van der Waals surface area contributed by atoms with Gasteiger partial charge < -0.3 is 14.4 Å². The van der Waals surface area contributed by atoms with Gasteiger partial charge in [-0.05, 0) is 33.3 Å². The molecular weight excluding hydrogens is 264 g/mol. The standard InChI is InChI=1S/C17H24N2O2/c1-5-21-14(4)17-18-6-7-19(17)11-16(20)15-9-12(2)8-13(3)10-15/h6-10,14,16,20H,5,11H2,1-4H3. The molecule has 0 aliphatic carbocycles. The molecule has 114 valence electrons. The predicted octanol–water partition coefficient (Wildman–Crippen LogP) is 3.33. The van der Waals surface area contributed by atoms with E-state index in [0.717, 1.165) is 22.5 Å². The van der Waals surface area contributed by atoms with Gasteiger partial charge in [0.05, 0.1) is 12.6 Å². The Morgan fingerprint density at radius 3 is 2.52 bits per heavy atom. The molecule has 1 aromatic heterocycles. The number of imidazole rings is 1. The molecule has 2 aromatic rings. The van der Waals surface area contributed by atoms with E-state index in [2.05, 4.69) is 11.1 Å². The Labute approximate surface area is 126 Å². The Morgan fingerprint density at radius 2 is 1.90 bits per heavy atom. The van der Waals surface area contributed by atoms with Crippen LogP contribution in [0.5, 0.6) is 0 Å². The summed E-state index contributed by atoms with van der Waals surface area (Å²) in [4.78, 5) is 4.34. The highest BCUT2D eigenvalue weighted by Crippen LogP contribution is 2.21. The van der Waals surface area contributed by atoms with E-state index >= 15 is 0 Å². The normalized spacial score (nSPS) is 14.1. The summed E-state index contributed by atoms with van der Waals surface area (Å²) < 4.78 is 7.55. The van der Waals surface area contributed by atoms with E-state index in [-0.39, 0.29) is 6.10 Å². The quantitative estimate of drug-likeness (QED) is 0.887. The fourth-order valence-electron chi connectivity index (χ4n) is 2.65. The van der Waals surface area contributed by atoms with Gasteiger partial charge in [-0.1, -0.05) is 29.3 Å². The van der Waals surface area contributed by atoms with Crippen molar-refractivity contribution >= 4 is 0 Å². The van der Waals surface area contributed by atoms with Gasteiger partial charge in [-0.25, -0.2) is 4.98 Å². The summed E-state index contributed by atoms with van der Waals surface area (Å²) in [7, 11) is 0.